The normalized spacial score (nSPS) is 31.9. The summed E-state index contributed by atoms with van der Waals surface area (Å²) in [5.74, 6) is 0.377. The van der Waals surface area contributed by atoms with Crippen LogP contribution in [0.5, 0.6) is 0 Å². The van der Waals surface area contributed by atoms with E-state index in [1.807, 2.05) is 24.1 Å². The zero-order valence-corrected chi connectivity index (χ0v) is 12.9. The molecule has 3 saturated heterocycles. The van der Waals surface area contributed by atoms with Crippen LogP contribution in [-0.2, 0) is 28.0 Å². The molecule has 3 aliphatic rings. The number of carbonyl (C=O) groups is 1. The third-order valence-electron chi connectivity index (χ3n) is 5.01. The van der Waals surface area contributed by atoms with Gasteiger partial charge in [0, 0.05) is 44.4 Å². The fourth-order valence-electron chi connectivity index (χ4n) is 3.93. The molecule has 3 aliphatic heterocycles. The molecule has 0 saturated carbocycles. The van der Waals surface area contributed by atoms with Crippen LogP contribution in [0.4, 0.5) is 0 Å². The summed E-state index contributed by atoms with van der Waals surface area (Å²) in [6, 6.07) is 0. The van der Waals surface area contributed by atoms with Crippen molar-refractivity contribution >= 4 is 5.91 Å². The van der Waals surface area contributed by atoms with Gasteiger partial charge in [-0.3, -0.25) is 19.2 Å². The summed E-state index contributed by atoms with van der Waals surface area (Å²) in [5, 5.41) is 5.78. The number of amides is 1. The van der Waals surface area contributed by atoms with Gasteiger partial charge >= 0.3 is 0 Å². The van der Waals surface area contributed by atoms with E-state index in [0.717, 1.165) is 26.1 Å². The Balaban J connectivity index is 1.50. The Labute approximate surface area is 129 Å². The largest absolute Gasteiger partial charge is 0.380 e. The molecule has 7 heteroatoms. The van der Waals surface area contributed by atoms with Crippen LogP contribution >= 0.6 is 0 Å². The zero-order valence-electron chi connectivity index (χ0n) is 12.9. The summed E-state index contributed by atoms with van der Waals surface area (Å²) >= 11 is 0. The SMILES string of the molecule is Cn1cc(CN2C[C@@H]3COC[C@]3(C(=O)N3CCCO3)C2)cn1. The van der Waals surface area contributed by atoms with Crippen molar-refractivity contribution in [2.75, 3.05) is 39.5 Å². The van der Waals surface area contributed by atoms with E-state index in [0.29, 0.717) is 26.4 Å². The quantitative estimate of drug-likeness (QED) is 0.789. The van der Waals surface area contributed by atoms with Gasteiger partial charge in [-0.1, -0.05) is 0 Å². The van der Waals surface area contributed by atoms with E-state index < -0.39 is 5.41 Å². The lowest BCUT2D eigenvalue weighted by molar-refractivity contribution is -0.181. The Morgan fingerprint density at radius 3 is 3.18 bits per heavy atom. The number of fused-ring (bicyclic) bond motifs is 1. The van der Waals surface area contributed by atoms with E-state index in [4.69, 9.17) is 9.57 Å². The topological polar surface area (TPSA) is 59.8 Å². The Kier molecular flexibility index (Phi) is 3.43. The smallest absolute Gasteiger partial charge is 0.256 e. The van der Waals surface area contributed by atoms with E-state index in [1.54, 1.807) is 5.06 Å². The number of likely N-dealkylation sites (tertiary alicyclic amines) is 1. The van der Waals surface area contributed by atoms with Crippen molar-refractivity contribution in [2.24, 2.45) is 18.4 Å². The molecule has 1 amide bonds. The van der Waals surface area contributed by atoms with Crippen LogP contribution in [-0.4, -0.2) is 65.1 Å². The van der Waals surface area contributed by atoms with Gasteiger partial charge in [0.25, 0.3) is 5.91 Å². The molecule has 0 unspecified atom stereocenters. The van der Waals surface area contributed by atoms with Gasteiger partial charge in [0.1, 0.15) is 0 Å². The predicted octanol–water partition coefficient (Wildman–Crippen LogP) is 0.0324. The monoisotopic (exact) mass is 306 g/mol. The first-order valence-electron chi connectivity index (χ1n) is 7.90. The number of aryl methyl sites for hydroxylation is 1. The molecule has 1 aromatic rings. The molecule has 0 radical (unpaired) electrons. The minimum atomic E-state index is -0.424. The molecular weight excluding hydrogens is 284 g/mol. The van der Waals surface area contributed by atoms with Gasteiger partial charge in [-0.2, -0.15) is 5.10 Å². The number of hydrogen-bond donors (Lipinski definition) is 0. The minimum Gasteiger partial charge on any atom is -0.380 e. The molecule has 7 nitrogen and oxygen atoms in total. The molecule has 0 aromatic carbocycles. The summed E-state index contributed by atoms with van der Waals surface area (Å²) < 4.78 is 7.47. The third-order valence-corrected chi connectivity index (χ3v) is 5.01. The molecule has 4 heterocycles. The van der Waals surface area contributed by atoms with Crippen molar-refractivity contribution in [3.63, 3.8) is 0 Å². The lowest BCUT2D eigenvalue weighted by atomic mass is 9.80. The fourth-order valence-corrected chi connectivity index (χ4v) is 3.93. The molecule has 0 aliphatic carbocycles. The summed E-state index contributed by atoms with van der Waals surface area (Å²) in [6.07, 6.45) is 4.85. The van der Waals surface area contributed by atoms with Gasteiger partial charge in [-0.15, -0.1) is 0 Å². The maximum atomic E-state index is 12.9. The van der Waals surface area contributed by atoms with Gasteiger partial charge in [0.05, 0.1) is 38.0 Å². The van der Waals surface area contributed by atoms with Crippen LogP contribution in [0.15, 0.2) is 12.4 Å². The van der Waals surface area contributed by atoms with Gasteiger partial charge in [-0.25, -0.2) is 5.06 Å². The molecule has 1 aromatic heterocycles. The fraction of sp³-hybridized carbons (Fsp3) is 0.733. The van der Waals surface area contributed by atoms with Crippen LogP contribution in [0.3, 0.4) is 0 Å². The second-order valence-corrected chi connectivity index (χ2v) is 6.65. The zero-order chi connectivity index (χ0) is 15.2. The molecule has 4 rings (SSSR count). The summed E-state index contributed by atoms with van der Waals surface area (Å²) in [6.45, 7) is 5.01. The van der Waals surface area contributed by atoms with E-state index in [9.17, 15) is 4.79 Å². The third kappa shape index (κ3) is 2.24. The van der Waals surface area contributed by atoms with Gasteiger partial charge in [0.15, 0.2) is 0 Å². The highest BCUT2D eigenvalue weighted by Crippen LogP contribution is 2.43. The second-order valence-electron chi connectivity index (χ2n) is 6.65. The summed E-state index contributed by atoms with van der Waals surface area (Å²) in [5.41, 5.74) is 0.760. The Morgan fingerprint density at radius 2 is 2.45 bits per heavy atom. The van der Waals surface area contributed by atoms with Gasteiger partial charge in [-0.05, 0) is 6.42 Å². The van der Waals surface area contributed by atoms with Gasteiger partial charge in [0.2, 0.25) is 0 Å². The molecule has 0 spiro atoms. The number of nitrogens with zero attached hydrogens (tertiary/aromatic N) is 4. The summed E-state index contributed by atoms with van der Waals surface area (Å²) in [4.78, 5) is 20.8. The first kappa shape index (κ1) is 14.2. The number of hydrogen-bond acceptors (Lipinski definition) is 5. The van der Waals surface area contributed by atoms with Crippen LogP contribution in [0.25, 0.3) is 0 Å². The lowest BCUT2D eigenvalue weighted by Gasteiger charge is -2.29. The average Bonchev–Trinajstić information content (AvgIpc) is 3.22. The summed E-state index contributed by atoms with van der Waals surface area (Å²) in [7, 11) is 1.92. The first-order chi connectivity index (χ1) is 10.7. The van der Waals surface area contributed by atoms with Crippen LogP contribution in [0.2, 0.25) is 0 Å². The lowest BCUT2D eigenvalue weighted by Crippen LogP contribution is -2.47. The van der Waals surface area contributed by atoms with E-state index in [-0.39, 0.29) is 11.8 Å². The predicted molar refractivity (Wildman–Crippen MR) is 77.5 cm³/mol. The van der Waals surface area contributed by atoms with Crippen molar-refractivity contribution in [2.45, 2.75) is 13.0 Å². The highest BCUT2D eigenvalue weighted by molar-refractivity contribution is 5.83. The van der Waals surface area contributed by atoms with Crippen LogP contribution in [0, 0.1) is 11.3 Å². The first-order valence-corrected chi connectivity index (χ1v) is 7.90. The Morgan fingerprint density at radius 1 is 1.55 bits per heavy atom. The minimum absolute atomic E-state index is 0.112. The van der Waals surface area contributed by atoms with Crippen molar-refractivity contribution in [1.82, 2.24) is 19.7 Å². The molecule has 0 bridgehead atoms. The van der Waals surface area contributed by atoms with Crippen LogP contribution in [0.1, 0.15) is 12.0 Å². The number of carbonyl (C=O) groups excluding carboxylic acids is 1. The molecule has 3 fully saturated rings. The van der Waals surface area contributed by atoms with Crippen molar-refractivity contribution < 1.29 is 14.4 Å². The highest BCUT2D eigenvalue weighted by Gasteiger charge is 2.57. The van der Waals surface area contributed by atoms with Crippen LogP contribution < -0.4 is 0 Å². The number of ether oxygens (including phenoxy) is 1. The molecule has 0 N–H and O–H groups in total. The molecular formula is C15H22N4O3. The number of aromatic nitrogens is 2. The number of hydroxylamine groups is 2. The van der Waals surface area contributed by atoms with E-state index >= 15 is 0 Å². The molecule has 120 valence electrons. The second kappa shape index (κ2) is 5.33. The maximum absolute atomic E-state index is 12.9. The molecule has 2 atom stereocenters. The van der Waals surface area contributed by atoms with Gasteiger partial charge < -0.3 is 4.74 Å². The number of rotatable bonds is 3. The van der Waals surface area contributed by atoms with Crippen molar-refractivity contribution in [1.29, 1.82) is 0 Å². The molecule has 22 heavy (non-hydrogen) atoms. The maximum Gasteiger partial charge on any atom is 0.256 e. The standard InChI is InChI=1S/C15H22N4O3/c1-17-6-12(5-16-17)7-18-8-13-9-21-11-15(13,10-18)14(20)19-3-2-4-22-19/h5-6,13H,2-4,7-11H2,1H3/t13-,15-/m1/s1. The van der Waals surface area contributed by atoms with Crippen molar-refractivity contribution in [3.8, 4) is 0 Å². The Hall–Kier alpha value is -1.44. The van der Waals surface area contributed by atoms with E-state index in [1.165, 1.54) is 5.56 Å². The van der Waals surface area contributed by atoms with Crippen molar-refractivity contribution in [3.05, 3.63) is 18.0 Å². The average molecular weight is 306 g/mol. The highest BCUT2D eigenvalue weighted by atomic mass is 16.7. The Bertz CT molecular complexity index is 569. The van der Waals surface area contributed by atoms with E-state index in [2.05, 4.69) is 10.00 Å².